The third kappa shape index (κ3) is 7.21. The normalized spacial score (nSPS) is 11.0. The molecule has 2 aromatic carbocycles. The molecule has 0 aromatic heterocycles. The monoisotopic (exact) mass is 344 g/mol. The van der Waals surface area contributed by atoms with Gasteiger partial charge in [0.1, 0.15) is 0 Å². The maximum Gasteiger partial charge on any atom is 0.416 e. The SMILES string of the molecule is FC(F)(F)c1ccccc1.FC(F)(F)c1ccccc1.[Cr]. The molecule has 0 aliphatic rings. The molecule has 0 bridgehead atoms. The van der Waals surface area contributed by atoms with E-state index in [0.717, 1.165) is 24.3 Å². The van der Waals surface area contributed by atoms with Crippen LogP contribution in [0.3, 0.4) is 0 Å². The van der Waals surface area contributed by atoms with Crippen LogP contribution in [0.25, 0.3) is 0 Å². The van der Waals surface area contributed by atoms with Gasteiger partial charge in [0, 0.05) is 17.4 Å². The van der Waals surface area contributed by atoms with Gasteiger partial charge in [-0.3, -0.25) is 0 Å². The maximum atomic E-state index is 11.8. The van der Waals surface area contributed by atoms with Gasteiger partial charge in [0.15, 0.2) is 0 Å². The second kappa shape index (κ2) is 8.11. The molecule has 0 heterocycles. The number of halogens is 6. The van der Waals surface area contributed by atoms with Crippen molar-refractivity contribution < 1.29 is 43.7 Å². The van der Waals surface area contributed by atoms with Crippen LogP contribution in [-0.2, 0) is 29.7 Å². The molecule has 0 nitrogen and oxygen atoms in total. The van der Waals surface area contributed by atoms with E-state index >= 15 is 0 Å². The minimum Gasteiger partial charge on any atom is -0.166 e. The van der Waals surface area contributed by atoms with Gasteiger partial charge in [-0.05, 0) is 0 Å². The average Bonchev–Trinajstić information content (AvgIpc) is 2.40. The Morgan fingerprint density at radius 2 is 0.714 bits per heavy atom. The first-order valence-corrected chi connectivity index (χ1v) is 5.46. The summed E-state index contributed by atoms with van der Waals surface area (Å²) >= 11 is 0. The summed E-state index contributed by atoms with van der Waals surface area (Å²) in [6.07, 6.45) is -8.41. The van der Waals surface area contributed by atoms with E-state index in [2.05, 4.69) is 0 Å². The first kappa shape index (κ1) is 19.6. The molecule has 0 aliphatic heterocycles. The van der Waals surface area contributed by atoms with Crippen LogP contribution in [0.15, 0.2) is 60.7 Å². The molecule has 2 rings (SSSR count). The molecule has 0 aliphatic carbocycles. The van der Waals surface area contributed by atoms with Crippen molar-refractivity contribution >= 4 is 0 Å². The fraction of sp³-hybridized carbons (Fsp3) is 0.143. The Hall–Kier alpha value is -1.45. The average molecular weight is 344 g/mol. The Morgan fingerprint density at radius 3 is 0.857 bits per heavy atom. The topological polar surface area (TPSA) is 0 Å². The summed E-state index contributed by atoms with van der Waals surface area (Å²) in [5.74, 6) is 0. The van der Waals surface area contributed by atoms with Gasteiger partial charge in [0.05, 0.1) is 11.1 Å². The second-order valence-corrected chi connectivity index (χ2v) is 3.73. The summed E-state index contributed by atoms with van der Waals surface area (Å²) in [7, 11) is 0. The third-order valence-electron chi connectivity index (χ3n) is 2.20. The van der Waals surface area contributed by atoms with Crippen LogP contribution in [0.5, 0.6) is 0 Å². The second-order valence-electron chi connectivity index (χ2n) is 3.73. The van der Waals surface area contributed by atoms with Gasteiger partial charge in [0.2, 0.25) is 0 Å². The van der Waals surface area contributed by atoms with Crippen LogP contribution in [0.1, 0.15) is 11.1 Å². The van der Waals surface area contributed by atoms with Crippen molar-refractivity contribution in [2.75, 3.05) is 0 Å². The zero-order valence-corrected chi connectivity index (χ0v) is 11.7. The van der Waals surface area contributed by atoms with E-state index in [1.165, 1.54) is 24.3 Å². The molecule has 0 N–H and O–H groups in total. The van der Waals surface area contributed by atoms with Crippen LogP contribution in [0, 0.1) is 0 Å². The van der Waals surface area contributed by atoms with Gasteiger partial charge in [-0.25, -0.2) is 0 Å². The van der Waals surface area contributed by atoms with E-state index in [4.69, 9.17) is 0 Å². The first-order valence-electron chi connectivity index (χ1n) is 5.46. The summed E-state index contributed by atoms with van der Waals surface area (Å²) in [4.78, 5) is 0. The van der Waals surface area contributed by atoms with Crippen molar-refractivity contribution in [3.05, 3.63) is 71.8 Å². The van der Waals surface area contributed by atoms with Crippen molar-refractivity contribution in [2.45, 2.75) is 12.4 Å². The quantitative estimate of drug-likeness (QED) is 0.561. The number of hydrogen-bond donors (Lipinski definition) is 0. The molecule has 114 valence electrons. The van der Waals surface area contributed by atoms with E-state index in [0.29, 0.717) is 0 Å². The van der Waals surface area contributed by atoms with Crippen LogP contribution < -0.4 is 0 Å². The molecule has 0 saturated carbocycles. The molecule has 7 heteroatoms. The van der Waals surface area contributed by atoms with Gasteiger partial charge < -0.3 is 0 Å². The number of benzene rings is 2. The molecule has 21 heavy (non-hydrogen) atoms. The molecule has 0 amide bonds. The molecule has 0 unspecified atom stereocenters. The maximum absolute atomic E-state index is 11.8. The Morgan fingerprint density at radius 1 is 0.476 bits per heavy atom. The zero-order valence-electron chi connectivity index (χ0n) is 10.4. The summed E-state index contributed by atoms with van der Waals surface area (Å²) in [6, 6.07) is 12.7. The van der Waals surface area contributed by atoms with E-state index in [9.17, 15) is 26.3 Å². The summed E-state index contributed by atoms with van der Waals surface area (Å²) in [5.41, 5.74) is -1.20. The van der Waals surface area contributed by atoms with Crippen molar-refractivity contribution in [3.8, 4) is 0 Å². The van der Waals surface area contributed by atoms with E-state index < -0.39 is 23.5 Å². The summed E-state index contributed by atoms with van der Waals surface area (Å²) < 4.78 is 70.7. The van der Waals surface area contributed by atoms with E-state index in [1.807, 2.05) is 0 Å². The largest absolute Gasteiger partial charge is 0.416 e. The van der Waals surface area contributed by atoms with Crippen LogP contribution in [0.4, 0.5) is 26.3 Å². The van der Waals surface area contributed by atoms with Gasteiger partial charge in [-0.15, -0.1) is 0 Å². The van der Waals surface area contributed by atoms with Crippen molar-refractivity contribution in [3.63, 3.8) is 0 Å². The minimum absolute atomic E-state index is 0. The minimum atomic E-state index is -4.21. The van der Waals surface area contributed by atoms with Gasteiger partial charge in [-0.1, -0.05) is 60.7 Å². The number of rotatable bonds is 0. The van der Waals surface area contributed by atoms with Crippen LogP contribution >= 0.6 is 0 Å². The zero-order chi connectivity index (χ0) is 15.2. The molecular formula is C14H10CrF6. The fourth-order valence-corrected chi connectivity index (χ4v) is 1.25. The molecule has 0 radical (unpaired) electrons. The smallest absolute Gasteiger partial charge is 0.166 e. The van der Waals surface area contributed by atoms with Crippen molar-refractivity contribution in [1.82, 2.24) is 0 Å². The predicted molar refractivity (Wildman–Crippen MR) is 62.9 cm³/mol. The van der Waals surface area contributed by atoms with Gasteiger partial charge in [-0.2, -0.15) is 26.3 Å². The summed E-state index contributed by atoms with van der Waals surface area (Å²) in [5, 5.41) is 0. The number of hydrogen-bond acceptors (Lipinski definition) is 0. The van der Waals surface area contributed by atoms with Crippen molar-refractivity contribution in [1.29, 1.82) is 0 Å². The molecule has 0 fully saturated rings. The van der Waals surface area contributed by atoms with Crippen LogP contribution in [0.2, 0.25) is 0 Å². The molecule has 0 saturated heterocycles. The Balaban J connectivity index is 0.000000364. The predicted octanol–water partition coefficient (Wildman–Crippen LogP) is 5.41. The fourth-order valence-electron chi connectivity index (χ4n) is 1.25. The molecular weight excluding hydrogens is 334 g/mol. The van der Waals surface area contributed by atoms with Gasteiger partial charge in [0.25, 0.3) is 0 Å². The number of alkyl halides is 6. The molecule has 0 spiro atoms. The van der Waals surface area contributed by atoms with Crippen molar-refractivity contribution in [2.24, 2.45) is 0 Å². The molecule has 2 aromatic rings. The Kier molecular flexibility index (Phi) is 7.55. The summed E-state index contributed by atoms with van der Waals surface area (Å²) in [6.45, 7) is 0. The molecule has 0 atom stereocenters. The van der Waals surface area contributed by atoms with E-state index in [-0.39, 0.29) is 17.4 Å². The Bertz CT molecular complexity index is 455. The van der Waals surface area contributed by atoms with Gasteiger partial charge >= 0.3 is 12.4 Å². The standard InChI is InChI=1S/2C7H5F3.Cr/c2*8-7(9,10)6-4-2-1-3-5-6;/h2*1-5H;. The first-order chi connectivity index (χ1) is 9.21. The van der Waals surface area contributed by atoms with E-state index in [1.54, 1.807) is 12.1 Å². The third-order valence-corrected chi connectivity index (χ3v) is 2.20. The Labute approximate surface area is 128 Å². The van der Waals surface area contributed by atoms with Crippen LogP contribution in [-0.4, -0.2) is 0 Å².